The predicted molar refractivity (Wildman–Crippen MR) is 91.4 cm³/mol. The second kappa shape index (κ2) is 5.96. The van der Waals surface area contributed by atoms with Crippen molar-refractivity contribution >= 4 is 29.1 Å². The van der Waals surface area contributed by atoms with E-state index >= 15 is 0 Å². The summed E-state index contributed by atoms with van der Waals surface area (Å²) in [6, 6.07) is 12.3. The Kier molecular flexibility index (Phi) is 3.91. The summed E-state index contributed by atoms with van der Waals surface area (Å²) in [5, 5.41) is 11.5. The van der Waals surface area contributed by atoms with Crippen LogP contribution in [0.3, 0.4) is 0 Å². The van der Waals surface area contributed by atoms with Gasteiger partial charge in [-0.3, -0.25) is 4.79 Å². The van der Waals surface area contributed by atoms with Gasteiger partial charge in [0.25, 0.3) is 5.91 Å². The van der Waals surface area contributed by atoms with Crippen LogP contribution in [-0.2, 0) is 0 Å². The molecule has 0 bridgehead atoms. The lowest BCUT2D eigenvalue weighted by Gasteiger charge is -2.36. The predicted octanol–water partition coefficient (Wildman–Crippen LogP) is 3.91. The molecule has 1 fully saturated rings. The monoisotopic (exact) mass is 363 g/mol. The quantitative estimate of drug-likeness (QED) is 0.835. The maximum Gasteiger partial charge on any atom is 0.256 e. The number of carbonyl (C=O) groups excluding carboxylic acids is 1. The van der Waals surface area contributed by atoms with Crippen LogP contribution < -0.4 is 4.74 Å². The fraction of sp³-hybridized carbons (Fsp3) is 0.278. The molecule has 1 saturated heterocycles. The molecule has 0 aromatic heterocycles. The van der Waals surface area contributed by atoms with Crippen molar-refractivity contribution in [2.75, 3.05) is 6.54 Å². The van der Waals surface area contributed by atoms with E-state index in [4.69, 9.17) is 27.9 Å². The second-order valence-corrected chi connectivity index (χ2v) is 6.91. The third-order valence-corrected chi connectivity index (χ3v) is 5.19. The standard InChI is InChI=1S/C18H15Cl2NO3/c19-11-8-13(20)15-14(9-11)24-18-12(16(15)22)6-7-21(18)17(23)10-4-2-1-3-5-10/h1-5,8-9,12,16,18,22H,6-7H2/t12-,16-,18+/m1/s1. The number of aliphatic hydroxyl groups excluding tert-OH is 1. The van der Waals surface area contributed by atoms with E-state index in [9.17, 15) is 9.90 Å². The van der Waals surface area contributed by atoms with E-state index in [1.165, 1.54) is 0 Å². The summed E-state index contributed by atoms with van der Waals surface area (Å²) >= 11 is 12.3. The van der Waals surface area contributed by atoms with Gasteiger partial charge in [-0.1, -0.05) is 41.4 Å². The summed E-state index contributed by atoms with van der Waals surface area (Å²) in [7, 11) is 0. The van der Waals surface area contributed by atoms with Crippen LogP contribution in [0.4, 0.5) is 0 Å². The smallest absolute Gasteiger partial charge is 0.256 e. The Balaban J connectivity index is 1.69. The molecular weight excluding hydrogens is 349 g/mol. The normalized spacial score (nSPS) is 25.0. The van der Waals surface area contributed by atoms with Gasteiger partial charge in [0.05, 0.1) is 11.1 Å². The summed E-state index contributed by atoms with van der Waals surface area (Å²) in [6.07, 6.45) is -0.644. The number of ether oxygens (including phenoxy) is 1. The van der Waals surface area contributed by atoms with Crippen LogP contribution >= 0.6 is 23.2 Å². The van der Waals surface area contributed by atoms with E-state index < -0.39 is 12.3 Å². The van der Waals surface area contributed by atoms with Crippen LogP contribution in [0, 0.1) is 5.92 Å². The van der Waals surface area contributed by atoms with Gasteiger partial charge in [-0.05, 0) is 30.7 Å². The number of carbonyl (C=O) groups is 1. The maximum absolute atomic E-state index is 12.8. The zero-order valence-corrected chi connectivity index (χ0v) is 14.2. The number of rotatable bonds is 1. The van der Waals surface area contributed by atoms with Crippen LogP contribution in [0.1, 0.15) is 28.4 Å². The average Bonchev–Trinajstić information content (AvgIpc) is 2.98. The van der Waals surface area contributed by atoms with Gasteiger partial charge in [0.15, 0.2) is 6.23 Å². The van der Waals surface area contributed by atoms with Crippen LogP contribution in [0.2, 0.25) is 10.0 Å². The molecule has 4 nitrogen and oxygen atoms in total. The molecule has 2 aromatic rings. The number of fused-ring (bicyclic) bond motifs is 2. The number of amides is 1. The van der Waals surface area contributed by atoms with Crippen molar-refractivity contribution in [2.45, 2.75) is 18.8 Å². The van der Waals surface area contributed by atoms with Crippen molar-refractivity contribution in [2.24, 2.45) is 5.92 Å². The molecule has 124 valence electrons. The molecule has 0 aliphatic carbocycles. The van der Waals surface area contributed by atoms with Gasteiger partial charge < -0.3 is 14.7 Å². The summed E-state index contributed by atoms with van der Waals surface area (Å²) < 4.78 is 6.02. The van der Waals surface area contributed by atoms with Gasteiger partial charge in [0.1, 0.15) is 5.75 Å². The molecule has 2 aliphatic heterocycles. The number of nitrogens with zero attached hydrogens (tertiary/aromatic N) is 1. The van der Waals surface area contributed by atoms with Crippen molar-refractivity contribution in [3.63, 3.8) is 0 Å². The first-order valence-corrected chi connectivity index (χ1v) is 8.51. The van der Waals surface area contributed by atoms with Gasteiger partial charge >= 0.3 is 0 Å². The molecule has 0 saturated carbocycles. The molecule has 0 spiro atoms. The highest BCUT2D eigenvalue weighted by atomic mass is 35.5. The summed E-state index contributed by atoms with van der Waals surface area (Å²) in [4.78, 5) is 14.4. The van der Waals surface area contributed by atoms with Crippen LogP contribution in [-0.4, -0.2) is 28.7 Å². The minimum absolute atomic E-state index is 0.105. The highest BCUT2D eigenvalue weighted by molar-refractivity contribution is 6.35. The van der Waals surface area contributed by atoms with Crippen LogP contribution in [0.25, 0.3) is 0 Å². The van der Waals surface area contributed by atoms with Gasteiger partial charge in [-0.2, -0.15) is 0 Å². The molecule has 1 N–H and O–H groups in total. The molecule has 1 amide bonds. The Morgan fingerprint density at radius 2 is 1.96 bits per heavy atom. The lowest BCUT2D eigenvalue weighted by atomic mass is 9.90. The number of aliphatic hydroxyl groups is 1. The molecule has 4 rings (SSSR count). The molecule has 6 heteroatoms. The second-order valence-electron chi connectivity index (χ2n) is 6.07. The molecule has 0 unspecified atom stereocenters. The minimum atomic E-state index is -0.780. The largest absolute Gasteiger partial charge is 0.470 e. The third-order valence-electron chi connectivity index (χ3n) is 4.66. The Labute approximate surface area is 149 Å². The van der Waals surface area contributed by atoms with E-state index in [0.29, 0.717) is 39.9 Å². The number of likely N-dealkylation sites (tertiary alicyclic amines) is 1. The summed E-state index contributed by atoms with van der Waals surface area (Å²) in [5.74, 6) is 0.129. The Hall–Kier alpha value is -1.75. The fourth-order valence-electron chi connectivity index (χ4n) is 3.51. The number of hydrogen-bond donors (Lipinski definition) is 1. The highest BCUT2D eigenvalue weighted by Gasteiger charge is 2.47. The molecule has 3 atom stereocenters. The van der Waals surface area contributed by atoms with Crippen molar-refractivity contribution in [1.82, 2.24) is 4.90 Å². The van der Waals surface area contributed by atoms with Crippen LogP contribution in [0.5, 0.6) is 5.75 Å². The van der Waals surface area contributed by atoms with Crippen molar-refractivity contribution in [3.05, 3.63) is 63.6 Å². The maximum atomic E-state index is 12.8. The molecule has 24 heavy (non-hydrogen) atoms. The zero-order chi connectivity index (χ0) is 16.8. The van der Waals surface area contributed by atoms with E-state index in [1.54, 1.807) is 29.2 Å². The van der Waals surface area contributed by atoms with E-state index in [1.807, 2.05) is 18.2 Å². The van der Waals surface area contributed by atoms with E-state index in [2.05, 4.69) is 0 Å². The zero-order valence-electron chi connectivity index (χ0n) is 12.7. The highest BCUT2D eigenvalue weighted by Crippen LogP contribution is 2.48. The Morgan fingerprint density at radius 1 is 1.21 bits per heavy atom. The molecule has 2 aliphatic rings. The number of halogens is 2. The molecule has 2 aromatic carbocycles. The third kappa shape index (κ3) is 2.46. The SMILES string of the molecule is O=C(c1ccccc1)N1CC[C@@H]2[C@@H](O)c3c(Cl)cc(Cl)cc3O[C@@H]21. The molecule has 2 heterocycles. The first kappa shape index (κ1) is 15.8. The topological polar surface area (TPSA) is 49.8 Å². The van der Waals surface area contributed by atoms with Crippen molar-refractivity contribution in [1.29, 1.82) is 0 Å². The number of hydrogen-bond acceptors (Lipinski definition) is 3. The first-order chi connectivity index (χ1) is 11.6. The Bertz CT molecular complexity index is 796. The van der Waals surface area contributed by atoms with Crippen molar-refractivity contribution < 1.29 is 14.6 Å². The Morgan fingerprint density at radius 3 is 2.71 bits per heavy atom. The van der Waals surface area contributed by atoms with Crippen molar-refractivity contribution in [3.8, 4) is 5.75 Å². The minimum Gasteiger partial charge on any atom is -0.470 e. The van der Waals surface area contributed by atoms with E-state index in [-0.39, 0.29) is 11.8 Å². The van der Waals surface area contributed by atoms with Gasteiger partial charge in [-0.15, -0.1) is 0 Å². The lowest BCUT2D eigenvalue weighted by molar-refractivity contribution is -0.0323. The lowest BCUT2D eigenvalue weighted by Crippen LogP contribution is -2.45. The van der Waals surface area contributed by atoms with E-state index in [0.717, 1.165) is 0 Å². The first-order valence-electron chi connectivity index (χ1n) is 7.76. The number of benzene rings is 2. The van der Waals surface area contributed by atoms with Gasteiger partial charge in [0, 0.05) is 28.6 Å². The molecular formula is C18H15Cl2NO3. The summed E-state index contributed by atoms with van der Waals surface area (Å²) in [5.41, 5.74) is 1.16. The van der Waals surface area contributed by atoms with Gasteiger partial charge in [-0.25, -0.2) is 0 Å². The average molecular weight is 364 g/mol. The van der Waals surface area contributed by atoms with Gasteiger partial charge in [0.2, 0.25) is 0 Å². The fourth-order valence-corrected chi connectivity index (χ4v) is 4.09. The summed E-state index contributed by atoms with van der Waals surface area (Å²) in [6.45, 7) is 0.527. The van der Waals surface area contributed by atoms with Crippen LogP contribution in [0.15, 0.2) is 42.5 Å². The molecule has 0 radical (unpaired) electrons.